The molecule has 0 aromatic heterocycles. The van der Waals surface area contributed by atoms with Crippen molar-refractivity contribution in [3.8, 4) is 0 Å². The van der Waals surface area contributed by atoms with Crippen LogP contribution in [0.25, 0.3) is 0 Å². The lowest BCUT2D eigenvalue weighted by atomic mass is 10.0. The lowest BCUT2D eigenvalue weighted by Gasteiger charge is -2.34. The lowest BCUT2D eigenvalue weighted by molar-refractivity contribution is -0.130. The van der Waals surface area contributed by atoms with Gasteiger partial charge in [0.05, 0.1) is 0 Å². The van der Waals surface area contributed by atoms with E-state index in [-0.39, 0.29) is 11.9 Å². The molecule has 3 rings (SSSR count). The number of rotatable bonds is 4. The fraction of sp³-hybridized carbons (Fsp3) is 0.316. The zero-order chi connectivity index (χ0) is 16.1. The first kappa shape index (κ1) is 15.6. The fourth-order valence-electron chi connectivity index (χ4n) is 2.99. The molecule has 4 heteroatoms. The van der Waals surface area contributed by atoms with Gasteiger partial charge in [-0.2, -0.15) is 0 Å². The van der Waals surface area contributed by atoms with Gasteiger partial charge in [-0.3, -0.25) is 4.79 Å². The van der Waals surface area contributed by atoms with Crippen molar-refractivity contribution in [3.05, 3.63) is 66.2 Å². The molecule has 1 atom stereocenters. The van der Waals surface area contributed by atoms with Gasteiger partial charge in [0.1, 0.15) is 0 Å². The molecular formula is C19H22N2O2. The summed E-state index contributed by atoms with van der Waals surface area (Å²) in [5.41, 5.74) is 1.85. The van der Waals surface area contributed by atoms with Gasteiger partial charge in [-0.25, -0.2) is 0 Å². The van der Waals surface area contributed by atoms with Crippen molar-refractivity contribution >= 4 is 11.6 Å². The van der Waals surface area contributed by atoms with Crippen LogP contribution in [0, 0.1) is 0 Å². The Labute approximate surface area is 136 Å². The van der Waals surface area contributed by atoms with E-state index in [9.17, 15) is 9.90 Å². The summed E-state index contributed by atoms with van der Waals surface area (Å²) in [4.78, 5) is 14.5. The molecule has 0 spiro atoms. The Morgan fingerprint density at radius 3 is 2.17 bits per heavy atom. The van der Waals surface area contributed by atoms with Gasteiger partial charge in [0.15, 0.2) is 6.10 Å². The van der Waals surface area contributed by atoms with Crippen molar-refractivity contribution < 1.29 is 9.90 Å². The third-order valence-corrected chi connectivity index (χ3v) is 4.33. The summed E-state index contributed by atoms with van der Waals surface area (Å²) >= 11 is 0. The normalized spacial score (nSPS) is 16.8. The first-order valence-electron chi connectivity index (χ1n) is 8.07. The maximum absolute atomic E-state index is 12.2. The van der Waals surface area contributed by atoms with E-state index in [4.69, 9.17) is 0 Å². The van der Waals surface area contributed by atoms with Crippen molar-refractivity contribution in [2.45, 2.75) is 25.0 Å². The standard InChI is InChI=1S/C19H22N2O2/c22-18(15-7-3-1-4-8-15)19(23)20-16-11-13-21(14-12-16)17-9-5-2-6-10-17/h1-10,16,18,22H,11-14H2,(H,20,23). The van der Waals surface area contributed by atoms with Crippen LogP contribution in [0.2, 0.25) is 0 Å². The molecule has 2 aromatic carbocycles. The van der Waals surface area contributed by atoms with Crippen LogP contribution in [0.4, 0.5) is 5.69 Å². The number of hydrogen-bond acceptors (Lipinski definition) is 3. The minimum atomic E-state index is -1.09. The van der Waals surface area contributed by atoms with Crippen LogP contribution in [0.3, 0.4) is 0 Å². The van der Waals surface area contributed by atoms with E-state index in [1.807, 2.05) is 36.4 Å². The maximum Gasteiger partial charge on any atom is 0.253 e. The number of nitrogens with zero attached hydrogens (tertiary/aromatic N) is 1. The van der Waals surface area contributed by atoms with Crippen molar-refractivity contribution in [1.29, 1.82) is 0 Å². The lowest BCUT2D eigenvalue weighted by Crippen LogP contribution is -2.46. The summed E-state index contributed by atoms with van der Waals surface area (Å²) in [7, 11) is 0. The molecule has 2 aromatic rings. The molecule has 120 valence electrons. The van der Waals surface area contributed by atoms with E-state index in [0.717, 1.165) is 25.9 Å². The predicted octanol–water partition coefficient (Wildman–Crippen LogP) is 2.51. The second kappa shape index (κ2) is 7.29. The number of carbonyl (C=O) groups is 1. The summed E-state index contributed by atoms with van der Waals surface area (Å²) < 4.78 is 0. The Morgan fingerprint density at radius 1 is 1.00 bits per heavy atom. The van der Waals surface area contributed by atoms with Gasteiger partial charge in [0, 0.05) is 24.8 Å². The van der Waals surface area contributed by atoms with E-state index in [1.54, 1.807) is 12.1 Å². The molecule has 1 heterocycles. The van der Waals surface area contributed by atoms with Crippen LogP contribution in [0.15, 0.2) is 60.7 Å². The van der Waals surface area contributed by atoms with E-state index in [1.165, 1.54) is 5.69 Å². The highest BCUT2D eigenvalue weighted by Gasteiger charge is 2.24. The highest BCUT2D eigenvalue weighted by atomic mass is 16.3. The molecule has 0 bridgehead atoms. The van der Waals surface area contributed by atoms with Crippen molar-refractivity contribution in [3.63, 3.8) is 0 Å². The number of benzene rings is 2. The highest BCUT2D eigenvalue weighted by Crippen LogP contribution is 2.20. The van der Waals surface area contributed by atoms with Gasteiger partial charge in [-0.05, 0) is 30.5 Å². The second-order valence-electron chi connectivity index (χ2n) is 5.92. The van der Waals surface area contributed by atoms with Gasteiger partial charge in [0.25, 0.3) is 5.91 Å². The van der Waals surface area contributed by atoms with E-state index >= 15 is 0 Å². The van der Waals surface area contributed by atoms with Crippen molar-refractivity contribution in [2.24, 2.45) is 0 Å². The summed E-state index contributed by atoms with van der Waals surface area (Å²) in [6.45, 7) is 1.83. The zero-order valence-electron chi connectivity index (χ0n) is 13.1. The topological polar surface area (TPSA) is 52.6 Å². The number of para-hydroxylation sites is 1. The molecule has 0 aliphatic carbocycles. The average Bonchev–Trinajstić information content (AvgIpc) is 2.63. The van der Waals surface area contributed by atoms with Crippen molar-refractivity contribution in [2.75, 3.05) is 18.0 Å². The van der Waals surface area contributed by atoms with Gasteiger partial charge in [0.2, 0.25) is 0 Å². The molecule has 1 unspecified atom stereocenters. The zero-order valence-corrected chi connectivity index (χ0v) is 13.1. The smallest absolute Gasteiger partial charge is 0.253 e. The maximum atomic E-state index is 12.2. The number of hydrogen-bond donors (Lipinski definition) is 2. The van der Waals surface area contributed by atoms with Gasteiger partial charge < -0.3 is 15.3 Å². The minimum absolute atomic E-state index is 0.126. The van der Waals surface area contributed by atoms with Crippen LogP contribution >= 0.6 is 0 Å². The molecule has 1 fully saturated rings. The largest absolute Gasteiger partial charge is 0.378 e. The fourth-order valence-corrected chi connectivity index (χ4v) is 2.99. The summed E-state index contributed by atoms with van der Waals surface area (Å²) in [5.74, 6) is -0.311. The number of aliphatic hydroxyl groups excluding tert-OH is 1. The number of nitrogens with one attached hydrogen (secondary N) is 1. The van der Waals surface area contributed by atoms with Gasteiger partial charge >= 0.3 is 0 Å². The Kier molecular flexibility index (Phi) is 4.93. The van der Waals surface area contributed by atoms with Crippen LogP contribution < -0.4 is 10.2 Å². The first-order valence-corrected chi connectivity index (χ1v) is 8.07. The van der Waals surface area contributed by atoms with Crippen LogP contribution in [-0.2, 0) is 4.79 Å². The van der Waals surface area contributed by atoms with E-state index in [0.29, 0.717) is 5.56 Å². The SMILES string of the molecule is O=C(NC1CCN(c2ccccc2)CC1)C(O)c1ccccc1. The molecule has 1 aliphatic heterocycles. The number of aliphatic hydroxyl groups is 1. The summed E-state index contributed by atoms with van der Waals surface area (Å²) in [6, 6.07) is 19.5. The molecule has 1 amide bonds. The molecule has 4 nitrogen and oxygen atoms in total. The molecular weight excluding hydrogens is 288 g/mol. The van der Waals surface area contributed by atoms with E-state index < -0.39 is 6.10 Å². The predicted molar refractivity (Wildman–Crippen MR) is 91.2 cm³/mol. The first-order chi connectivity index (χ1) is 11.2. The van der Waals surface area contributed by atoms with Gasteiger partial charge in [-0.1, -0.05) is 48.5 Å². The summed E-state index contributed by atoms with van der Waals surface area (Å²) in [6.07, 6.45) is 0.688. The molecule has 23 heavy (non-hydrogen) atoms. The Balaban J connectivity index is 1.52. The molecule has 0 saturated carbocycles. The molecule has 1 saturated heterocycles. The Bertz CT molecular complexity index is 622. The molecule has 1 aliphatic rings. The third kappa shape index (κ3) is 3.90. The van der Waals surface area contributed by atoms with E-state index in [2.05, 4.69) is 22.3 Å². The number of carbonyl (C=O) groups excluding carboxylic acids is 1. The Morgan fingerprint density at radius 2 is 1.57 bits per heavy atom. The quantitative estimate of drug-likeness (QED) is 0.912. The third-order valence-electron chi connectivity index (χ3n) is 4.33. The number of amides is 1. The molecule has 0 radical (unpaired) electrons. The summed E-state index contributed by atoms with van der Waals surface area (Å²) in [5, 5.41) is 13.1. The minimum Gasteiger partial charge on any atom is -0.378 e. The average molecular weight is 310 g/mol. The second-order valence-corrected chi connectivity index (χ2v) is 5.92. The van der Waals surface area contributed by atoms with Crippen LogP contribution in [-0.4, -0.2) is 30.1 Å². The van der Waals surface area contributed by atoms with Crippen molar-refractivity contribution in [1.82, 2.24) is 5.32 Å². The molecule has 2 N–H and O–H groups in total. The van der Waals surface area contributed by atoms with Crippen LogP contribution in [0.5, 0.6) is 0 Å². The number of piperidine rings is 1. The van der Waals surface area contributed by atoms with Gasteiger partial charge in [-0.15, -0.1) is 0 Å². The highest BCUT2D eigenvalue weighted by molar-refractivity contribution is 5.82. The van der Waals surface area contributed by atoms with Crippen LogP contribution in [0.1, 0.15) is 24.5 Å². The number of anilines is 1. The Hall–Kier alpha value is -2.33. The monoisotopic (exact) mass is 310 g/mol.